The summed E-state index contributed by atoms with van der Waals surface area (Å²) < 4.78 is 9.18. The van der Waals surface area contributed by atoms with E-state index in [1.165, 1.54) is 0 Å². The molecule has 0 heterocycles. The zero-order valence-corrected chi connectivity index (χ0v) is 10.1. The van der Waals surface area contributed by atoms with E-state index in [1.807, 2.05) is 25.1 Å². The first-order valence-corrected chi connectivity index (χ1v) is 5.43. The Balaban J connectivity index is 2.75. The van der Waals surface area contributed by atoms with E-state index in [2.05, 4.69) is 14.2 Å². The molecule has 0 bridgehead atoms. The summed E-state index contributed by atoms with van der Waals surface area (Å²) in [4.78, 5) is 2.08. The van der Waals surface area contributed by atoms with Crippen molar-refractivity contribution in [2.45, 2.75) is 6.92 Å². The molecule has 0 amide bonds. The van der Waals surface area contributed by atoms with Gasteiger partial charge in [-0.15, -0.1) is 0 Å². The Morgan fingerprint density at radius 1 is 1.18 bits per heavy atom. The second kappa shape index (κ2) is 7.25. The van der Waals surface area contributed by atoms with Gasteiger partial charge in [-0.05, 0) is 30.7 Å². The molecule has 0 aromatic heterocycles. The summed E-state index contributed by atoms with van der Waals surface area (Å²) >= 11 is 0. The molecule has 0 spiro atoms. The van der Waals surface area contributed by atoms with Gasteiger partial charge in [-0.2, -0.15) is 0 Å². The largest absolute Gasteiger partial charge is 0.446 e. The lowest BCUT2D eigenvalue weighted by Gasteiger charge is -2.25. The number of nitrogens with zero attached hydrogens (tertiary/aromatic N) is 1. The normalized spacial score (nSPS) is 10.4. The summed E-state index contributed by atoms with van der Waals surface area (Å²) in [7, 11) is 10.1. The predicted molar refractivity (Wildman–Crippen MR) is 71.2 cm³/mol. The van der Waals surface area contributed by atoms with Crippen LogP contribution in [0.25, 0.3) is 0 Å². The van der Waals surface area contributed by atoms with Crippen LogP contribution in [0.15, 0.2) is 18.2 Å². The van der Waals surface area contributed by atoms with Gasteiger partial charge in [-0.1, -0.05) is 0 Å². The van der Waals surface area contributed by atoms with Crippen LogP contribution in [0.5, 0.6) is 0 Å². The molecular formula is C11H16B2N2O2. The topological polar surface area (TPSA) is 47.7 Å². The fourth-order valence-corrected chi connectivity index (χ4v) is 1.55. The molecule has 0 aliphatic heterocycles. The zero-order valence-electron chi connectivity index (χ0n) is 10.1. The van der Waals surface area contributed by atoms with Crippen LogP contribution in [0.4, 0.5) is 11.4 Å². The lowest BCUT2D eigenvalue weighted by Crippen LogP contribution is -2.30. The van der Waals surface area contributed by atoms with Crippen molar-refractivity contribution in [2.75, 3.05) is 36.9 Å². The quantitative estimate of drug-likeness (QED) is 0.549. The van der Waals surface area contributed by atoms with Crippen molar-refractivity contribution in [1.82, 2.24) is 0 Å². The molecule has 1 rings (SSSR count). The number of hydrogen-bond acceptors (Lipinski definition) is 4. The number of hydrogen-bond donors (Lipinski definition) is 1. The van der Waals surface area contributed by atoms with Crippen LogP contribution in [0.2, 0.25) is 0 Å². The van der Waals surface area contributed by atoms with Crippen molar-refractivity contribution in [3.05, 3.63) is 23.8 Å². The van der Waals surface area contributed by atoms with Crippen LogP contribution in [0.3, 0.4) is 0 Å². The maximum atomic E-state index is 5.78. The SMILES string of the molecule is [B]OCCN(CCO[B])c1ccc(N)c(C)c1. The van der Waals surface area contributed by atoms with Gasteiger partial charge in [-0.3, -0.25) is 0 Å². The lowest BCUT2D eigenvalue weighted by atomic mass is 10.1. The van der Waals surface area contributed by atoms with E-state index in [4.69, 9.17) is 21.8 Å². The Hall–Kier alpha value is -1.13. The third kappa shape index (κ3) is 4.32. The number of benzene rings is 1. The fourth-order valence-electron chi connectivity index (χ4n) is 1.55. The van der Waals surface area contributed by atoms with Crippen LogP contribution < -0.4 is 10.6 Å². The van der Waals surface area contributed by atoms with E-state index >= 15 is 0 Å². The van der Waals surface area contributed by atoms with Gasteiger partial charge in [0.15, 0.2) is 0 Å². The standard InChI is InChI=1S/C11H16B2N2O2/c1-9-8-10(2-3-11(9)14)15(4-6-16-12)5-7-17-13/h2-3,8H,4-7,14H2,1H3. The lowest BCUT2D eigenvalue weighted by molar-refractivity contribution is 0.332. The van der Waals surface area contributed by atoms with Gasteiger partial charge < -0.3 is 19.9 Å². The molecule has 1 aromatic carbocycles. The van der Waals surface area contributed by atoms with E-state index in [0.29, 0.717) is 26.3 Å². The maximum Gasteiger partial charge on any atom is 0.282 e. The van der Waals surface area contributed by atoms with Crippen molar-refractivity contribution in [3.63, 3.8) is 0 Å². The summed E-state index contributed by atoms with van der Waals surface area (Å²) in [5.41, 5.74) is 8.64. The first kappa shape index (κ1) is 13.9. The average molecular weight is 230 g/mol. The Morgan fingerprint density at radius 3 is 2.24 bits per heavy atom. The molecule has 0 saturated carbocycles. The van der Waals surface area contributed by atoms with Crippen LogP contribution >= 0.6 is 0 Å². The van der Waals surface area contributed by atoms with Crippen molar-refractivity contribution < 1.29 is 9.31 Å². The highest BCUT2D eigenvalue weighted by Crippen LogP contribution is 2.20. The summed E-state index contributed by atoms with van der Waals surface area (Å²) in [6, 6.07) is 5.85. The molecule has 0 unspecified atom stereocenters. The Morgan fingerprint density at radius 2 is 1.76 bits per heavy atom. The molecule has 4 nitrogen and oxygen atoms in total. The number of aryl methyl sites for hydroxylation is 1. The van der Waals surface area contributed by atoms with Crippen molar-refractivity contribution in [2.24, 2.45) is 0 Å². The maximum absolute atomic E-state index is 5.78. The number of rotatable bonds is 7. The smallest absolute Gasteiger partial charge is 0.282 e. The third-order valence-corrected chi connectivity index (χ3v) is 2.58. The van der Waals surface area contributed by atoms with E-state index < -0.39 is 0 Å². The molecule has 0 fully saturated rings. The number of nitrogen functional groups attached to an aromatic ring is 1. The van der Waals surface area contributed by atoms with E-state index in [9.17, 15) is 0 Å². The molecule has 17 heavy (non-hydrogen) atoms. The van der Waals surface area contributed by atoms with E-state index in [0.717, 1.165) is 16.9 Å². The predicted octanol–water partition coefficient (Wildman–Crippen LogP) is 0.584. The molecular weight excluding hydrogens is 214 g/mol. The molecule has 4 radical (unpaired) electrons. The summed E-state index contributed by atoms with van der Waals surface area (Å²) in [5, 5.41) is 0. The van der Waals surface area contributed by atoms with Gasteiger partial charge in [-0.25, -0.2) is 0 Å². The molecule has 0 aliphatic carbocycles. The van der Waals surface area contributed by atoms with Crippen LogP contribution in [-0.2, 0) is 9.31 Å². The molecule has 0 saturated heterocycles. The molecule has 1 aromatic rings. The molecule has 6 heteroatoms. The molecule has 0 atom stereocenters. The van der Waals surface area contributed by atoms with Crippen LogP contribution in [-0.4, -0.2) is 42.4 Å². The van der Waals surface area contributed by atoms with Crippen LogP contribution in [0.1, 0.15) is 5.56 Å². The number of anilines is 2. The molecule has 2 N–H and O–H groups in total. The first-order valence-electron chi connectivity index (χ1n) is 5.43. The van der Waals surface area contributed by atoms with E-state index in [-0.39, 0.29) is 0 Å². The van der Waals surface area contributed by atoms with E-state index in [1.54, 1.807) is 0 Å². The van der Waals surface area contributed by atoms with Crippen molar-refractivity contribution in [3.8, 4) is 0 Å². The molecule has 0 aliphatic rings. The van der Waals surface area contributed by atoms with Gasteiger partial charge in [0, 0.05) is 37.7 Å². The van der Waals surface area contributed by atoms with Gasteiger partial charge in [0.1, 0.15) is 0 Å². The third-order valence-electron chi connectivity index (χ3n) is 2.58. The van der Waals surface area contributed by atoms with Gasteiger partial charge in [0.05, 0.1) is 0 Å². The fraction of sp³-hybridized carbons (Fsp3) is 0.455. The first-order chi connectivity index (χ1) is 8.19. The minimum atomic E-state index is 0.438. The van der Waals surface area contributed by atoms with Gasteiger partial charge >= 0.3 is 0 Å². The summed E-state index contributed by atoms with van der Waals surface area (Å²) in [6.45, 7) is 4.18. The highest BCUT2D eigenvalue weighted by Gasteiger charge is 2.06. The van der Waals surface area contributed by atoms with Crippen LogP contribution in [0, 0.1) is 6.92 Å². The second-order valence-electron chi connectivity index (χ2n) is 3.77. The monoisotopic (exact) mass is 230 g/mol. The number of nitrogens with two attached hydrogens (primary N) is 1. The minimum Gasteiger partial charge on any atom is -0.446 e. The Labute approximate surface area is 105 Å². The average Bonchev–Trinajstić information content (AvgIpc) is 2.33. The van der Waals surface area contributed by atoms with Crippen molar-refractivity contribution in [1.29, 1.82) is 0 Å². The van der Waals surface area contributed by atoms with Gasteiger partial charge in [0.25, 0.3) is 16.1 Å². The summed E-state index contributed by atoms with van der Waals surface area (Å²) in [6.07, 6.45) is 0. The Bertz CT molecular complexity index is 342. The second-order valence-corrected chi connectivity index (χ2v) is 3.77. The highest BCUT2D eigenvalue weighted by molar-refractivity contribution is 5.98. The summed E-state index contributed by atoms with van der Waals surface area (Å²) in [5.74, 6) is 0. The minimum absolute atomic E-state index is 0.438. The zero-order chi connectivity index (χ0) is 12.7. The van der Waals surface area contributed by atoms with Crippen molar-refractivity contribution >= 4 is 27.5 Å². The Kier molecular flexibility index (Phi) is 5.94. The highest BCUT2D eigenvalue weighted by atomic mass is 16.4. The molecule has 88 valence electrons. The van der Waals surface area contributed by atoms with Gasteiger partial charge in [0.2, 0.25) is 0 Å².